The number of amidine groups is 1. The summed E-state index contributed by atoms with van der Waals surface area (Å²) in [5.41, 5.74) is 6.40. The van der Waals surface area contributed by atoms with Crippen molar-refractivity contribution in [3.63, 3.8) is 0 Å². The highest BCUT2D eigenvalue weighted by Gasteiger charge is 2.34. The van der Waals surface area contributed by atoms with Gasteiger partial charge in [0, 0.05) is 28.7 Å². The summed E-state index contributed by atoms with van der Waals surface area (Å²) in [6.07, 6.45) is 0.527. The number of carbonyl (C=O) groups excluding carboxylic acids is 1. The van der Waals surface area contributed by atoms with Gasteiger partial charge in [-0.2, -0.15) is 0 Å². The Bertz CT molecular complexity index is 1460. The molecule has 37 heavy (non-hydrogen) atoms. The normalized spacial score (nSPS) is 17.4. The lowest BCUT2D eigenvalue weighted by atomic mass is 10.0. The molecule has 0 radical (unpaired) electrons. The Balaban J connectivity index is 1.26. The number of benzene rings is 3. The molecule has 0 saturated carbocycles. The smallest absolute Gasteiger partial charge is 0.238 e. The second-order valence-corrected chi connectivity index (χ2v) is 10.7. The standard InChI is InChI=1S/C27H24N6O2S2/c1-17(34)33-21(18-9-3-6-12-22(18)35-2)15-25(31-33)28-27-30-29-26(37-27)16-32-19-10-4-7-13-23(19)36-24-14-8-5-11-20(24)32/h3-14,21H,15-16H2,1-2H3,(H,28,30,31). The predicted molar refractivity (Wildman–Crippen MR) is 146 cm³/mol. The van der Waals surface area contributed by atoms with Gasteiger partial charge in [-0.3, -0.25) is 10.2 Å². The molecule has 8 nitrogen and oxygen atoms in total. The summed E-state index contributed by atoms with van der Waals surface area (Å²) >= 11 is 3.23. The lowest BCUT2D eigenvalue weighted by Crippen LogP contribution is -2.38. The van der Waals surface area contributed by atoms with E-state index in [9.17, 15) is 4.79 Å². The molecule has 3 heterocycles. The van der Waals surface area contributed by atoms with Gasteiger partial charge < -0.3 is 9.64 Å². The molecule has 1 unspecified atom stereocenters. The predicted octanol–water partition coefficient (Wildman–Crippen LogP) is 5.88. The Kier molecular flexibility index (Phi) is 6.27. The number of para-hydroxylation sites is 3. The van der Waals surface area contributed by atoms with Crippen molar-refractivity contribution in [3.8, 4) is 5.75 Å². The number of hydrazine groups is 1. The third kappa shape index (κ3) is 4.54. The van der Waals surface area contributed by atoms with E-state index in [0.29, 0.717) is 23.9 Å². The van der Waals surface area contributed by atoms with E-state index in [1.165, 1.54) is 28.1 Å². The van der Waals surface area contributed by atoms with Gasteiger partial charge in [-0.25, -0.2) is 10.0 Å². The molecule has 3 aromatic carbocycles. The number of carbonyl (C=O) groups is 1. The number of hydrogen-bond donors (Lipinski definition) is 1. The molecule has 1 saturated heterocycles. The average Bonchev–Trinajstić information content (AvgIpc) is 3.55. The number of fused-ring (bicyclic) bond motifs is 2. The highest BCUT2D eigenvalue weighted by atomic mass is 32.2. The molecule has 10 heteroatoms. The molecular weight excluding hydrogens is 504 g/mol. The SMILES string of the molecule is COc1ccccc1C1C/C(=N/c2nnc(CN3c4ccccc4Sc4ccccc43)s2)NN1C(C)=O. The van der Waals surface area contributed by atoms with E-state index in [1.807, 2.05) is 24.3 Å². The molecule has 186 valence electrons. The first-order valence-corrected chi connectivity index (χ1v) is 13.5. The first kappa shape index (κ1) is 23.5. The average molecular weight is 529 g/mol. The number of rotatable bonds is 5. The van der Waals surface area contributed by atoms with Crippen molar-refractivity contribution < 1.29 is 9.53 Å². The van der Waals surface area contributed by atoms with Crippen LogP contribution in [0.5, 0.6) is 5.75 Å². The van der Waals surface area contributed by atoms with Gasteiger partial charge in [-0.15, -0.1) is 10.2 Å². The van der Waals surface area contributed by atoms with E-state index in [0.717, 1.165) is 27.7 Å². The fourth-order valence-electron chi connectivity index (χ4n) is 4.65. The summed E-state index contributed by atoms with van der Waals surface area (Å²) < 4.78 is 5.53. The van der Waals surface area contributed by atoms with Crippen molar-refractivity contribution >= 4 is 51.3 Å². The molecule has 1 fully saturated rings. The van der Waals surface area contributed by atoms with Crippen LogP contribution in [0.15, 0.2) is 87.6 Å². The zero-order valence-electron chi connectivity index (χ0n) is 20.3. The molecule has 0 spiro atoms. The van der Waals surface area contributed by atoms with E-state index in [4.69, 9.17) is 9.73 Å². The monoisotopic (exact) mass is 528 g/mol. The molecule has 2 aliphatic rings. The van der Waals surface area contributed by atoms with Crippen LogP contribution in [0.2, 0.25) is 0 Å². The lowest BCUT2D eigenvalue weighted by Gasteiger charge is -2.31. The Morgan fingerprint density at radius 3 is 2.41 bits per heavy atom. The Morgan fingerprint density at radius 1 is 1.03 bits per heavy atom. The molecule has 6 rings (SSSR count). The molecule has 2 aliphatic heterocycles. The van der Waals surface area contributed by atoms with E-state index in [1.54, 1.807) is 23.9 Å². The molecule has 4 aromatic rings. The summed E-state index contributed by atoms with van der Waals surface area (Å²) in [6.45, 7) is 2.13. The molecular formula is C27H24N6O2S2. The molecule has 1 aromatic heterocycles. The van der Waals surface area contributed by atoms with Crippen LogP contribution in [-0.4, -0.2) is 34.1 Å². The van der Waals surface area contributed by atoms with Crippen molar-refractivity contribution in [2.75, 3.05) is 12.0 Å². The van der Waals surface area contributed by atoms with Gasteiger partial charge in [0.05, 0.1) is 31.1 Å². The number of nitrogens with zero attached hydrogens (tertiary/aromatic N) is 5. The number of nitrogens with one attached hydrogen (secondary N) is 1. The van der Waals surface area contributed by atoms with E-state index >= 15 is 0 Å². The highest BCUT2D eigenvalue weighted by Crippen LogP contribution is 2.48. The van der Waals surface area contributed by atoms with Crippen LogP contribution in [0.3, 0.4) is 0 Å². The van der Waals surface area contributed by atoms with Crippen LogP contribution >= 0.6 is 23.1 Å². The molecule has 0 bridgehead atoms. The van der Waals surface area contributed by atoms with Crippen LogP contribution in [0.4, 0.5) is 16.5 Å². The summed E-state index contributed by atoms with van der Waals surface area (Å²) in [5, 5.41) is 11.8. The second-order valence-electron chi connectivity index (χ2n) is 8.62. The molecule has 1 amide bonds. The number of aromatic nitrogens is 2. The van der Waals surface area contributed by atoms with E-state index in [2.05, 4.69) is 69.1 Å². The number of amides is 1. The van der Waals surface area contributed by atoms with Crippen molar-refractivity contribution in [1.82, 2.24) is 20.6 Å². The van der Waals surface area contributed by atoms with Gasteiger partial charge in [-0.1, -0.05) is 65.6 Å². The summed E-state index contributed by atoms with van der Waals surface area (Å²) in [7, 11) is 1.63. The van der Waals surface area contributed by atoms with Gasteiger partial charge in [0.1, 0.15) is 16.6 Å². The van der Waals surface area contributed by atoms with Crippen LogP contribution in [0.25, 0.3) is 0 Å². The second kappa shape index (κ2) is 9.87. The Morgan fingerprint density at radius 2 is 1.70 bits per heavy atom. The van der Waals surface area contributed by atoms with Crippen molar-refractivity contribution in [3.05, 3.63) is 83.4 Å². The topological polar surface area (TPSA) is 83.0 Å². The minimum Gasteiger partial charge on any atom is -0.496 e. The van der Waals surface area contributed by atoms with Gasteiger partial charge in [0.2, 0.25) is 11.0 Å². The van der Waals surface area contributed by atoms with Crippen LogP contribution in [0, 0.1) is 0 Å². The molecule has 1 atom stereocenters. The van der Waals surface area contributed by atoms with Gasteiger partial charge in [-0.05, 0) is 30.3 Å². The van der Waals surface area contributed by atoms with E-state index in [-0.39, 0.29) is 11.9 Å². The zero-order valence-corrected chi connectivity index (χ0v) is 21.9. The summed E-state index contributed by atoms with van der Waals surface area (Å²) in [6, 6.07) is 24.3. The Labute approximate surface area is 223 Å². The quantitative estimate of drug-likeness (QED) is 0.346. The first-order valence-electron chi connectivity index (χ1n) is 11.8. The molecule has 0 aliphatic carbocycles. The van der Waals surface area contributed by atoms with Crippen LogP contribution < -0.4 is 15.1 Å². The zero-order chi connectivity index (χ0) is 25.4. The van der Waals surface area contributed by atoms with Gasteiger partial charge in [0.25, 0.3) is 0 Å². The van der Waals surface area contributed by atoms with Crippen LogP contribution in [-0.2, 0) is 11.3 Å². The minimum absolute atomic E-state index is 0.0978. The van der Waals surface area contributed by atoms with Crippen molar-refractivity contribution in [1.29, 1.82) is 0 Å². The maximum absolute atomic E-state index is 12.4. The van der Waals surface area contributed by atoms with E-state index < -0.39 is 0 Å². The number of ether oxygens (including phenoxy) is 1. The third-order valence-electron chi connectivity index (χ3n) is 6.30. The fourth-order valence-corrected chi connectivity index (χ4v) is 6.47. The summed E-state index contributed by atoms with van der Waals surface area (Å²) in [5.74, 6) is 1.30. The summed E-state index contributed by atoms with van der Waals surface area (Å²) in [4.78, 5) is 21.8. The number of methoxy groups -OCH3 is 1. The van der Waals surface area contributed by atoms with Crippen LogP contribution in [0.1, 0.15) is 30.0 Å². The van der Waals surface area contributed by atoms with Gasteiger partial charge >= 0.3 is 0 Å². The number of aliphatic imine (C=N–C) groups is 1. The lowest BCUT2D eigenvalue weighted by molar-refractivity contribution is -0.132. The maximum atomic E-state index is 12.4. The third-order valence-corrected chi connectivity index (χ3v) is 8.23. The minimum atomic E-state index is -0.223. The largest absolute Gasteiger partial charge is 0.496 e. The highest BCUT2D eigenvalue weighted by molar-refractivity contribution is 7.99. The number of hydrogen-bond acceptors (Lipinski definition) is 8. The fraction of sp³-hybridized carbons (Fsp3) is 0.185. The first-order chi connectivity index (χ1) is 18.1. The Hall–Kier alpha value is -3.89. The molecule has 1 N–H and O–H groups in total. The van der Waals surface area contributed by atoms with Crippen molar-refractivity contribution in [2.45, 2.75) is 35.7 Å². The maximum Gasteiger partial charge on any atom is 0.238 e. The number of anilines is 2. The van der Waals surface area contributed by atoms with Gasteiger partial charge in [0.15, 0.2) is 0 Å². The van der Waals surface area contributed by atoms with Crippen molar-refractivity contribution in [2.24, 2.45) is 4.99 Å².